The van der Waals surface area contributed by atoms with E-state index in [1.807, 2.05) is 56.3 Å². The summed E-state index contributed by atoms with van der Waals surface area (Å²) in [6.45, 7) is 3.93. The first-order valence-electron chi connectivity index (χ1n) is 9.41. The maximum absolute atomic E-state index is 11.8. The van der Waals surface area contributed by atoms with Gasteiger partial charge in [0, 0.05) is 23.0 Å². The van der Waals surface area contributed by atoms with Gasteiger partial charge in [0.05, 0.1) is 19.3 Å². The summed E-state index contributed by atoms with van der Waals surface area (Å²) >= 11 is 0. The van der Waals surface area contributed by atoms with Crippen molar-refractivity contribution in [1.29, 1.82) is 0 Å². The highest BCUT2D eigenvalue weighted by Gasteiger charge is 2.34. The van der Waals surface area contributed by atoms with Crippen LogP contribution in [0.2, 0.25) is 0 Å². The average Bonchev–Trinajstić information content (AvgIpc) is 3.06. The van der Waals surface area contributed by atoms with Gasteiger partial charge in [0.1, 0.15) is 6.04 Å². The molecule has 2 aromatic carbocycles. The quantitative estimate of drug-likeness (QED) is 0.629. The van der Waals surface area contributed by atoms with E-state index in [2.05, 4.69) is 10.3 Å². The van der Waals surface area contributed by atoms with Crippen LogP contribution in [-0.2, 0) is 11.2 Å². The zero-order valence-electron chi connectivity index (χ0n) is 16.2. The maximum Gasteiger partial charge on any atom is 0.321 e. The van der Waals surface area contributed by atoms with Gasteiger partial charge in [0.25, 0.3) is 0 Å². The van der Waals surface area contributed by atoms with Crippen molar-refractivity contribution in [3.8, 4) is 11.5 Å². The fourth-order valence-electron chi connectivity index (χ4n) is 3.87. The lowest BCUT2D eigenvalue weighted by Gasteiger charge is -2.30. The molecule has 2 atom stereocenters. The molecule has 0 spiro atoms. The Kier molecular flexibility index (Phi) is 4.73. The minimum Gasteiger partial charge on any atom is -0.493 e. The number of benzene rings is 2. The second kappa shape index (κ2) is 7.20. The van der Waals surface area contributed by atoms with Crippen molar-refractivity contribution in [1.82, 2.24) is 10.3 Å². The summed E-state index contributed by atoms with van der Waals surface area (Å²) in [5.41, 5.74) is 3.98. The van der Waals surface area contributed by atoms with Crippen LogP contribution in [0.25, 0.3) is 10.9 Å². The monoisotopic (exact) mass is 380 g/mol. The third kappa shape index (κ3) is 3.20. The molecule has 0 bridgehead atoms. The molecule has 28 heavy (non-hydrogen) atoms. The van der Waals surface area contributed by atoms with Gasteiger partial charge in [-0.25, -0.2) is 0 Å². The zero-order chi connectivity index (χ0) is 19.8. The Morgan fingerprint density at radius 3 is 2.68 bits per heavy atom. The topological polar surface area (TPSA) is 83.6 Å². The minimum atomic E-state index is -0.854. The number of aliphatic carboxylic acids is 1. The van der Waals surface area contributed by atoms with Crippen molar-refractivity contribution in [3.63, 3.8) is 0 Å². The summed E-state index contributed by atoms with van der Waals surface area (Å²) in [4.78, 5) is 15.3. The van der Waals surface area contributed by atoms with Crippen LogP contribution in [0, 0.1) is 0 Å². The molecular weight excluding hydrogens is 356 g/mol. The molecular formula is C22H24N2O4. The first-order chi connectivity index (χ1) is 13.5. The van der Waals surface area contributed by atoms with E-state index in [0.29, 0.717) is 17.9 Å². The lowest BCUT2D eigenvalue weighted by Crippen LogP contribution is -2.44. The molecule has 0 fully saturated rings. The van der Waals surface area contributed by atoms with Crippen LogP contribution in [-0.4, -0.2) is 35.3 Å². The predicted molar refractivity (Wildman–Crippen MR) is 107 cm³/mol. The van der Waals surface area contributed by atoms with E-state index in [-0.39, 0.29) is 12.1 Å². The number of ether oxygens (including phenoxy) is 2. The van der Waals surface area contributed by atoms with Crippen molar-refractivity contribution < 1.29 is 19.4 Å². The molecule has 1 aromatic heterocycles. The molecule has 1 aliphatic rings. The first-order valence-corrected chi connectivity index (χ1v) is 9.41. The molecule has 6 heteroatoms. The third-order valence-electron chi connectivity index (χ3n) is 5.09. The number of fused-ring (bicyclic) bond motifs is 3. The van der Waals surface area contributed by atoms with Gasteiger partial charge in [-0.2, -0.15) is 0 Å². The SMILES string of the molecule is COc1cc(C2NC(C(=O)O)Cc3c2[nH]c2ccccc32)ccc1OC(C)C. The van der Waals surface area contributed by atoms with E-state index in [4.69, 9.17) is 9.47 Å². The second-order valence-corrected chi connectivity index (χ2v) is 7.33. The molecule has 6 nitrogen and oxygen atoms in total. The first kappa shape index (κ1) is 18.4. The molecule has 4 rings (SSSR count). The number of methoxy groups -OCH3 is 1. The molecule has 0 amide bonds. The molecule has 146 valence electrons. The van der Waals surface area contributed by atoms with Crippen molar-refractivity contribution in [2.45, 2.75) is 38.5 Å². The molecule has 1 aliphatic heterocycles. The van der Waals surface area contributed by atoms with Crippen molar-refractivity contribution in [2.24, 2.45) is 0 Å². The number of rotatable bonds is 5. The summed E-state index contributed by atoms with van der Waals surface area (Å²) in [7, 11) is 1.61. The Morgan fingerprint density at radius 2 is 1.96 bits per heavy atom. The summed E-state index contributed by atoms with van der Waals surface area (Å²) in [5.74, 6) is 0.444. The number of hydrogen-bond donors (Lipinski definition) is 3. The Labute approximate surface area is 163 Å². The maximum atomic E-state index is 11.8. The Bertz CT molecular complexity index is 1020. The van der Waals surface area contributed by atoms with Gasteiger partial charge in [-0.05, 0) is 43.2 Å². The van der Waals surface area contributed by atoms with E-state index in [1.54, 1.807) is 7.11 Å². The number of aromatic nitrogens is 1. The molecule has 2 heterocycles. The van der Waals surface area contributed by atoms with E-state index < -0.39 is 12.0 Å². The largest absolute Gasteiger partial charge is 0.493 e. The third-order valence-corrected chi connectivity index (χ3v) is 5.09. The van der Waals surface area contributed by atoms with E-state index in [9.17, 15) is 9.90 Å². The number of aromatic amines is 1. The standard InChI is InChI=1S/C22H24N2O4/c1-12(2)28-18-9-8-13(10-19(18)27-3)20-21-15(11-17(24-20)22(25)26)14-6-4-5-7-16(14)23-21/h4-10,12,17,20,23-24H,11H2,1-3H3,(H,25,26). The van der Waals surface area contributed by atoms with Crippen LogP contribution in [0.3, 0.4) is 0 Å². The number of para-hydroxylation sites is 1. The number of carbonyl (C=O) groups is 1. The summed E-state index contributed by atoms with van der Waals surface area (Å²) in [6, 6.07) is 12.8. The van der Waals surface area contributed by atoms with Crippen LogP contribution in [0.4, 0.5) is 0 Å². The van der Waals surface area contributed by atoms with Crippen LogP contribution in [0.1, 0.15) is 36.7 Å². The van der Waals surface area contributed by atoms with Crippen molar-refractivity contribution >= 4 is 16.9 Å². The second-order valence-electron chi connectivity index (χ2n) is 7.33. The normalized spacial score (nSPS) is 18.9. The van der Waals surface area contributed by atoms with E-state index in [0.717, 1.165) is 27.7 Å². The van der Waals surface area contributed by atoms with Gasteiger partial charge < -0.3 is 19.6 Å². The molecule has 0 saturated heterocycles. The van der Waals surface area contributed by atoms with Crippen LogP contribution in [0.5, 0.6) is 11.5 Å². The lowest BCUT2D eigenvalue weighted by molar-refractivity contribution is -0.139. The van der Waals surface area contributed by atoms with Gasteiger partial charge in [-0.15, -0.1) is 0 Å². The number of carboxylic acid groups (broad SMARTS) is 1. The van der Waals surface area contributed by atoms with Gasteiger partial charge in [-0.3, -0.25) is 10.1 Å². The number of nitrogens with one attached hydrogen (secondary N) is 2. The predicted octanol–water partition coefficient (Wildman–Crippen LogP) is 3.65. The van der Waals surface area contributed by atoms with Crippen LogP contribution >= 0.6 is 0 Å². The van der Waals surface area contributed by atoms with Gasteiger partial charge in [-0.1, -0.05) is 24.3 Å². The fourth-order valence-corrected chi connectivity index (χ4v) is 3.87. The van der Waals surface area contributed by atoms with E-state index >= 15 is 0 Å². The molecule has 0 radical (unpaired) electrons. The lowest BCUT2D eigenvalue weighted by atomic mass is 9.90. The smallest absolute Gasteiger partial charge is 0.321 e. The molecule has 3 N–H and O–H groups in total. The number of hydrogen-bond acceptors (Lipinski definition) is 4. The molecule has 0 aliphatic carbocycles. The van der Waals surface area contributed by atoms with Crippen LogP contribution in [0.15, 0.2) is 42.5 Å². The highest BCUT2D eigenvalue weighted by Crippen LogP contribution is 2.38. The zero-order valence-corrected chi connectivity index (χ0v) is 16.2. The fraction of sp³-hybridized carbons (Fsp3) is 0.318. The molecule has 2 unspecified atom stereocenters. The Hall–Kier alpha value is -2.99. The van der Waals surface area contributed by atoms with E-state index in [1.165, 1.54) is 0 Å². The minimum absolute atomic E-state index is 0.0317. The van der Waals surface area contributed by atoms with Gasteiger partial charge in [0.15, 0.2) is 11.5 Å². The highest BCUT2D eigenvalue weighted by molar-refractivity contribution is 5.87. The Morgan fingerprint density at radius 1 is 1.18 bits per heavy atom. The number of carboxylic acids is 1. The van der Waals surface area contributed by atoms with Gasteiger partial charge >= 0.3 is 5.97 Å². The van der Waals surface area contributed by atoms with Crippen molar-refractivity contribution in [3.05, 3.63) is 59.3 Å². The average molecular weight is 380 g/mol. The van der Waals surface area contributed by atoms with Crippen molar-refractivity contribution in [2.75, 3.05) is 7.11 Å². The van der Waals surface area contributed by atoms with Gasteiger partial charge in [0.2, 0.25) is 0 Å². The summed E-state index contributed by atoms with van der Waals surface area (Å²) in [5, 5.41) is 14.0. The summed E-state index contributed by atoms with van der Waals surface area (Å²) < 4.78 is 11.3. The Balaban J connectivity index is 1.82. The summed E-state index contributed by atoms with van der Waals surface area (Å²) in [6.07, 6.45) is 0.473. The molecule has 3 aromatic rings. The molecule has 0 saturated carbocycles. The highest BCUT2D eigenvalue weighted by atomic mass is 16.5. The number of H-pyrrole nitrogens is 1. The van der Waals surface area contributed by atoms with Crippen LogP contribution < -0.4 is 14.8 Å².